The van der Waals surface area contributed by atoms with Gasteiger partial charge in [-0.05, 0) is 30.9 Å². The molecule has 3 nitrogen and oxygen atoms in total. The van der Waals surface area contributed by atoms with Crippen LogP contribution in [-0.2, 0) is 11.2 Å². The molecule has 0 saturated heterocycles. The van der Waals surface area contributed by atoms with Crippen LogP contribution in [0.4, 0.5) is 0 Å². The fourth-order valence-electron chi connectivity index (χ4n) is 1.55. The van der Waals surface area contributed by atoms with E-state index in [1.165, 1.54) is 0 Å². The fraction of sp³-hybridized carbons (Fsp3) is 0.538. The summed E-state index contributed by atoms with van der Waals surface area (Å²) in [6, 6.07) is 4.04. The zero-order valence-corrected chi connectivity index (χ0v) is 12.1. The first kappa shape index (κ1) is 14.2. The Bertz CT molecular complexity index is 354. The summed E-state index contributed by atoms with van der Waals surface area (Å²) >= 11 is 3.40. The first-order chi connectivity index (χ1) is 8.00. The molecule has 0 aliphatic rings. The third kappa shape index (κ3) is 4.86. The maximum absolute atomic E-state index is 11.8. The zero-order chi connectivity index (χ0) is 12.8. The van der Waals surface area contributed by atoms with Crippen LogP contribution in [0, 0.1) is 5.92 Å². The van der Waals surface area contributed by atoms with E-state index in [9.17, 15) is 4.79 Å². The second-order valence-corrected chi connectivity index (χ2v) is 5.61. The number of carbonyl (C=O) groups is 1. The van der Waals surface area contributed by atoms with Crippen molar-refractivity contribution < 1.29 is 4.79 Å². The molecule has 1 heterocycles. The summed E-state index contributed by atoms with van der Waals surface area (Å²) in [6.07, 6.45) is 4.38. The summed E-state index contributed by atoms with van der Waals surface area (Å²) < 4.78 is 0. The van der Waals surface area contributed by atoms with Crippen LogP contribution in [0.25, 0.3) is 0 Å². The van der Waals surface area contributed by atoms with E-state index in [-0.39, 0.29) is 16.8 Å². The van der Waals surface area contributed by atoms with Gasteiger partial charge in [-0.1, -0.05) is 35.8 Å². The molecule has 0 fully saturated rings. The summed E-state index contributed by atoms with van der Waals surface area (Å²) in [4.78, 5) is 15.7. The second kappa shape index (κ2) is 6.74. The number of hydrogen-bond donors (Lipinski definition) is 1. The van der Waals surface area contributed by atoms with Crippen molar-refractivity contribution in [3.63, 3.8) is 0 Å². The average Bonchev–Trinajstić information content (AvgIpc) is 2.28. The van der Waals surface area contributed by atoms with E-state index >= 15 is 0 Å². The topological polar surface area (TPSA) is 42.0 Å². The van der Waals surface area contributed by atoms with Gasteiger partial charge in [-0.3, -0.25) is 9.78 Å². The number of aromatic nitrogens is 1. The van der Waals surface area contributed by atoms with Gasteiger partial charge in [0.05, 0.1) is 4.83 Å². The van der Waals surface area contributed by atoms with Crippen molar-refractivity contribution in [2.24, 2.45) is 5.92 Å². The molecule has 0 aliphatic carbocycles. The molecule has 1 aromatic heterocycles. The zero-order valence-electron chi connectivity index (χ0n) is 10.5. The Morgan fingerprint density at radius 3 is 2.71 bits per heavy atom. The number of carbonyl (C=O) groups excluding carboxylic acids is 1. The molecule has 4 heteroatoms. The van der Waals surface area contributed by atoms with Gasteiger partial charge in [0.2, 0.25) is 5.91 Å². The van der Waals surface area contributed by atoms with E-state index < -0.39 is 0 Å². The van der Waals surface area contributed by atoms with E-state index in [1.54, 1.807) is 6.20 Å². The van der Waals surface area contributed by atoms with Gasteiger partial charge < -0.3 is 5.32 Å². The predicted molar refractivity (Wildman–Crippen MR) is 73.1 cm³/mol. The first-order valence-corrected chi connectivity index (χ1v) is 6.75. The molecule has 1 amide bonds. The van der Waals surface area contributed by atoms with Crippen molar-refractivity contribution >= 4 is 21.8 Å². The van der Waals surface area contributed by atoms with E-state index in [0.717, 1.165) is 12.0 Å². The number of amides is 1. The van der Waals surface area contributed by atoms with E-state index in [1.807, 2.05) is 39.1 Å². The lowest BCUT2D eigenvalue weighted by molar-refractivity contribution is -0.121. The predicted octanol–water partition coefficient (Wildman–Crippen LogP) is 2.55. The standard InChI is InChI=1S/C13H19BrN2O/c1-9(2)12(14)13(17)16-10(3)7-11-5-4-6-15-8-11/h4-6,8-10,12H,7H2,1-3H3,(H,16,17). The van der Waals surface area contributed by atoms with Crippen molar-refractivity contribution in [2.45, 2.75) is 38.1 Å². The van der Waals surface area contributed by atoms with Crippen molar-refractivity contribution in [3.05, 3.63) is 30.1 Å². The van der Waals surface area contributed by atoms with Crippen LogP contribution in [0.2, 0.25) is 0 Å². The maximum Gasteiger partial charge on any atom is 0.234 e. The molecule has 0 bridgehead atoms. The molecule has 17 heavy (non-hydrogen) atoms. The minimum absolute atomic E-state index is 0.0522. The summed E-state index contributed by atoms with van der Waals surface area (Å²) in [5, 5.41) is 3.00. The molecule has 0 spiro atoms. The largest absolute Gasteiger partial charge is 0.352 e. The van der Waals surface area contributed by atoms with Gasteiger partial charge in [-0.15, -0.1) is 0 Å². The van der Waals surface area contributed by atoms with Gasteiger partial charge in [-0.25, -0.2) is 0 Å². The van der Waals surface area contributed by atoms with Crippen molar-refractivity contribution in [3.8, 4) is 0 Å². The Balaban J connectivity index is 2.45. The number of rotatable bonds is 5. The summed E-state index contributed by atoms with van der Waals surface area (Å²) in [5.41, 5.74) is 1.14. The molecule has 0 radical (unpaired) electrons. The van der Waals surface area contributed by atoms with Crippen molar-refractivity contribution in [1.29, 1.82) is 0 Å². The lowest BCUT2D eigenvalue weighted by Gasteiger charge is -2.18. The molecule has 94 valence electrons. The van der Waals surface area contributed by atoms with Gasteiger partial charge in [0.15, 0.2) is 0 Å². The highest BCUT2D eigenvalue weighted by molar-refractivity contribution is 9.10. The average molecular weight is 299 g/mol. The Morgan fingerprint density at radius 1 is 1.47 bits per heavy atom. The third-order valence-corrected chi connectivity index (χ3v) is 3.96. The molecule has 0 aromatic carbocycles. The lowest BCUT2D eigenvalue weighted by Crippen LogP contribution is -2.40. The van der Waals surface area contributed by atoms with Crippen LogP contribution in [0.15, 0.2) is 24.5 Å². The smallest absolute Gasteiger partial charge is 0.234 e. The van der Waals surface area contributed by atoms with Crippen LogP contribution in [0.5, 0.6) is 0 Å². The highest BCUT2D eigenvalue weighted by Crippen LogP contribution is 2.12. The molecular weight excluding hydrogens is 280 g/mol. The van der Waals surface area contributed by atoms with E-state index in [2.05, 4.69) is 26.2 Å². The molecular formula is C13H19BrN2O. The number of nitrogens with one attached hydrogen (secondary N) is 1. The highest BCUT2D eigenvalue weighted by Gasteiger charge is 2.19. The van der Waals surface area contributed by atoms with Gasteiger partial charge in [-0.2, -0.15) is 0 Å². The number of hydrogen-bond acceptors (Lipinski definition) is 2. The molecule has 1 rings (SSSR count). The third-order valence-electron chi connectivity index (χ3n) is 2.49. The quantitative estimate of drug-likeness (QED) is 0.849. The van der Waals surface area contributed by atoms with Crippen LogP contribution < -0.4 is 5.32 Å². The van der Waals surface area contributed by atoms with Crippen molar-refractivity contribution in [1.82, 2.24) is 10.3 Å². The number of nitrogens with zero attached hydrogens (tertiary/aromatic N) is 1. The monoisotopic (exact) mass is 298 g/mol. The SMILES string of the molecule is CC(Cc1cccnc1)NC(=O)C(Br)C(C)C. The minimum Gasteiger partial charge on any atom is -0.352 e. The van der Waals surface area contributed by atoms with Crippen LogP contribution >= 0.6 is 15.9 Å². The van der Waals surface area contributed by atoms with Crippen LogP contribution in [-0.4, -0.2) is 21.8 Å². The van der Waals surface area contributed by atoms with E-state index in [4.69, 9.17) is 0 Å². The second-order valence-electron chi connectivity index (χ2n) is 4.62. The van der Waals surface area contributed by atoms with Gasteiger partial charge in [0, 0.05) is 18.4 Å². The van der Waals surface area contributed by atoms with Crippen molar-refractivity contribution in [2.75, 3.05) is 0 Å². The molecule has 2 unspecified atom stereocenters. The van der Waals surface area contributed by atoms with E-state index in [0.29, 0.717) is 5.92 Å². The molecule has 0 saturated carbocycles. The fourth-order valence-corrected chi connectivity index (χ4v) is 1.68. The Labute approximate surface area is 111 Å². The first-order valence-electron chi connectivity index (χ1n) is 5.84. The molecule has 0 aliphatic heterocycles. The number of halogens is 1. The molecule has 2 atom stereocenters. The number of pyridine rings is 1. The normalized spacial score (nSPS) is 14.4. The summed E-state index contributed by atoms with van der Waals surface area (Å²) in [5.74, 6) is 0.344. The minimum atomic E-state index is -0.126. The molecule has 1 aromatic rings. The van der Waals surface area contributed by atoms with Crippen LogP contribution in [0.3, 0.4) is 0 Å². The lowest BCUT2D eigenvalue weighted by atomic mass is 10.1. The van der Waals surface area contributed by atoms with Gasteiger partial charge in [0.1, 0.15) is 0 Å². The number of alkyl halides is 1. The Kier molecular flexibility index (Phi) is 5.62. The van der Waals surface area contributed by atoms with Crippen LogP contribution in [0.1, 0.15) is 26.3 Å². The Hall–Kier alpha value is -0.900. The summed E-state index contributed by atoms with van der Waals surface area (Å²) in [6.45, 7) is 6.04. The van der Waals surface area contributed by atoms with Gasteiger partial charge in [0.25, 0.3) is 0 Å². The van der Waals surface area contributed by atoms with Gasteiger partial charge >= 0.3 is 0 Å². The molecule has 1 N–H and O–H groups in total. The highest BCUT2D eigenvalue weighted by atomic mass is 79.9. The maximum atomic E-state index is 11.8. The Morgan fingerprint density at radius 2 is 2.18 bits per heavy atom. The summed E-state index contributed by atoms with van der Waals surface area (Å²) in [7, 11) is 0.